The number of nitrogens with one attached hydrogen (secondary N) is 1. The topological polar surface area (TPSA) is 107 Å². The number of nitrogen functional groups attached to an aromatic ring is 1. The van der Waals surface area contributed by atoms with Crippen molar-refractivity contribution in [1.82, 2.24) is 29.5 Å². The van der Waals surface area contributed by atoms with E-state index in [4.69, 9.17) is 5.73 Å². The normalized spacial score (nSPS) is 12.3. The van der Waals surface area contributed by atoms with Gasteiger partial charge in [0.2, 0.25) is 5.95 Å². The summed E-state index contributed by atoms with van der Waals surface area (Å²) in [6.45, 7) is 1.72. The number of imidazole rings is 1. The summed E-state index contributed by atoms with van der Waals surface area (Å²) in [6, 6.07) is 2.52. The maximum atomic E-state index is 14.2. The van der Waals surface area contributed by atoms with E-state index in [-0.39, 0.29) is 11.6 Å². The van der Waals surface area contributed by atoms with E-state index in [9.17, 15) is 8.78 Å². The van der Waals surface area contributed by atoms with E-state index in [1.165, 1.54) is 0 Å². The molecule has 10 heteroatoms. The number of rotatable bonds is 4. The number of pyridine rings is 2. The highest BCUT2D eigenvalue weighted by atomic mass is 19.1. The van der Waals surface area contributed by atoms with Crippen molar-refractivity contribution < 1.29 is 8.78 Å². The van der Waals surface area contributed by atoms with Crippen molar-refractivity contribution in [1.29, 1.82) is 0 Å². The predicted molar refractivity (Wildman–Crippen MR) is 99.9 cm³/mol. The molecule has 1 atom stereocenters. The molecule has 0 aliphatic heterocycles. The molecule has 0 bridgehead atoms. The van der Waals surface area contributed by atoms with Gasteiger partial charge in [0.25, 0.3) is 0 Å². The van der Waals surface area contributed by atoms with Crippen LogP contribution in [0.15, 0.2) is 37.1 Å². The van der Waals surface area contributed by atoms with Gasteiger partial charge in [0, 0.05) is 36.8 Å². The Balaban J connectivity index is 1.84. The van der Waals surface area contributed by atoms with Gasteiger partial charge in [-0.1, -0.05) is 6.92 Å². The molecule has 4 heterocycles. The lowest BCUT2D eigenvalue weighted by Gasteiger charge is -2.15. The van der Waals surface area contributed by atoms with Crippen molar-refractivity contribution >= 4 is 28.5 Å². The van der Waals surface area contributed by atoms with Crippen LogP contribution in [0.1, 0.15) is 24.2 Å². The third-order valence-corrected chi connectivity index (χ3v) is 4.27. The first-order chi connectivity index (χ1) is 13.4. The van der Waals surface area contributed by atoms with Crippen molar-refractivity contribution in [2.75, 3.05) is 11.1 Å². The molecule has 4 rings (SSSR count). The van der Waals surface area contributed by atoms with Gasteiger partial charge in [-0.05, 0) is 6.07 Å². The van der Waals surface area contributed by atoms with E-state index in [0.29, 0.717) is 28.2 Å². The number of aryl methyl sites for hydroxylation is 1. The minimum absolute atomic E-state index is 0.0277. The lowest BCUT2D eigenvalue weighted by Crippen LogP contribution is -2.09. The summed E-state index contributed by atoms with van der Waals surface area (Å²) in [7, 11) is 1.85. The third-order valence-electron chi connectivity index (χ3n) is 4.27. The summed E-state index contributed by atoms with van der Waals surface area (Å²) >= 11 is 0. The molecular weight excluding hydrogens is 366 g/mol. The van der Waals surface area contributed by atoms with Crippen LogP contribution >= 0.6 is 0 Å². The van der Waals surface area contributed by atoms with E-state index in [2.05, 4.69) is 30.2 Å². The van der Waals surface area contributed by atoms with Crippen molar-refractivity contribution in [2.24, 2.45) is 7.05 Å². The second-order valence-electron chi connectivity index (χ2n) is 6.31. The van der Waals surface area contributed by atoms with Crippen LogP contribution in [0.2, 0.25) is 0 Å². The first kappa shape index (κ1) is 17.7. The second kappa shape index (κ2) is 6.80. The van der Waals surface area contributed by atoms with Gasteiger partial charge in [0.05, 0.1) is 23.9 Å². The predicted octanol–water partition coefficient (Wildman–Crippen LogP) is 2.91. The summed E-state index contributed by atoms with van der Waals surface area (Å²) in [5, 5.41) is 3.74. The molecule has 0 aromatic carbocycles. The highest BCUT2D eigenvalue weighted by Gasteiger charge is 2.21. The molecule has 0 saturated heterocycles. The Morgan fingerprint density at radius 1 is 1.14 bits per heavy atom. The summed E-state index contributed by atoms with van der Waals surface area (Å²) in [4.78, 5) is 21.0. The van der Waals surface area contributed by atoms with Crippen LogP contribution in [0.5, 0.6) is 0 Å². The smallest absolute Gasteiger partial charge is 0.222 e. The van der Waals surface area contributed by atoms with Crippen LogP contribution in [0.25, 0.3) is 10.9 Å². The Bertz CT molecular complexity index is 1170. The second-order valence-corrected chi connectivity index (χ2v) is 6.31. The first-order valence-corrected chi connectivity index (χ1v) is 8.40. The van der Waals surface area contributed by atoms with E-state index >= 15 is 0 Å². The van der Waals surface area contributed by atoms with Gasteiger partial charge in [-0.2, -0.15) is 4.98 Å². The van der Waals surface area contributed by atoms with Crippen molar-refractivity contribution in [3.63, 3.8) is 0 Å². The Morgan fingerprint density at radius 3 is 2.68 bits per heavy atom. The number of nitrogens with zero attached hydrogens (tertiary/aromatic N) is 6. The zero-order valence-electron chi connectivity index (χ0n) is 15.1. The molecule has 142 valence electrons. The van der Waals surface area contributed by atoms with Gasteiger partial charge in [-0.15, -0.1) is 0 Å². The SMILES string of the molecule is CC(c1ncc(F)cc1F)c1nccc2c(Nc3cn(C)cn3)nc(N)nc12. The zero-order valence-corrected chi connectivity index (χ0v) is 15.1. The van der Waals surface area contributed by atoms with E-state index in [1.54, 1.807) is 36.3 Å². The number of fused-ring (bicyclic) bond motifs is 1. The van der Waals surface area contributed by atoms with Gasteiger partial charge >= 0.3 is 0 Å². The number of halogens is 2. The molecule has 0 radical (unpaired) electrons. The van der Waals surface area contributed by atoms with E-state index in [0.717, 1.165) is 12.3 Å². The molecule has 4 aromatic rings. The van der Waals surface area contributed by atoms with Crippen molar-refractivity contribution in [2.45, 2.75) is 12.8 Å². The van der Waals surface area contributed by atoms with Crippen LogP contribution < -0.4 is 11.1 Å². The van der Waals surface area contributed by atoms with E-state index < -0.39 is 17.6 Å². The highest BCUT2D eigenvalue weighted by molar-refractivity contribution is 5.92. The molecule has 3 N–H and O–H groups in total. The number of hydrogen-bond acceptors (Lipinski definition) is 7. The number of nitrogens with two attached hydrogens (primary N) is 1. The summed E-state index contributed by atoms with van der Waals surface area (Å²) in [5.41, 5.74) is 6.86. The molecule has 0 spiro atoms. The average Bonchev–Trinajstić information content (AvgIpc) is 3.05. The Kier molecular flexibility index (Phi) is 4.30. The fourth-order valence-corrected chi connectivity index (χ4v) is 2.98. The number of hydrogen-bond donors (Lipinski definition) is 2. The summed E-state index contributed by atoms with van der Waals surface area (Å²) in [6.07, 6.45) is 5.97. The molecule has 0 amide bonds. The van der Waals surface area contributed by atoms with Gasteiger partial charge < -0.3 is 15.6 Å². The molecular formula is C18H16F2N8. The van der Waals surface area contributed by atoms with Crippen molar-refractivity contribution in [3.8, 4) is 0 Å². The average molecular weight is 382 g/mol. The molecule has 0 saturated carbocycles. The van der Waals surface area contributed by atoms with Gasteiger partial charge in [0.1, 0.15) is 28.8 Å². The minimum Gasteiger partial charge on any atom is -0.368 e. The molecule has 0 fully saturated rings. The Labute approximate surface area is 158 Å². The van der Waals surface area contributed by atoms with Crippen LogP contribution in [0.4, 0.5) is 26.4 Å². The molecule has 8 nitrogen and oxygen atoms in total. The summed E-state index contributed by atoms with van der Waals surface area (Å²) < 4.78 is 29.2. The highest BCUT2D eigenvalue weighted by Crippen LogP contribution is 2.31. The molecule has 0 aliphatic rings. The van der Waals surface area contributed by atoms with Crippen LogP contribution in [0, 0.1) is 11.6 Å². The van der Waals surface area contributed by atoms with Crippen molar-refractivity contribution in [3.05, 3.63) is 60.1 Å². The summed E-state index contributed by atoms with van der Waals surface area (Å²) in [5.74, 6) is -1.02. The lowest BCUT2D eigenvalue weighted by molar-refractivity contribution is 0.551. The minimum atomic E-state index is -0.750. The van der Waals surface area contributed by atoms with Gasteiger partial charge in [-0.25, -0.2) is 18.7 Å². The maximum Gasteiger partial charge on any atom is 0.222 e. The number of aromatic nitrogens is 6. The fraction of sp³-hybridized carbons (Fsp3) is 0.167. The van der Waals surface area contributed by atoms with Crippen LogP contribution in [-0.4, -0.2) is 29.5 Å². The Hall–Kier alpha value is -3.69. The first-order valence-electron chi connectivity index (χ1n) is 8.40. The lowest BCUT2D eigenvalue weighted by atomic mass is 9.99. The largest absolute Gasteiger partial charge is 0.368 e. The standard InChI is InChI=1S/C18H16F2N8/c1-9(14-12(20)5-10(19)6-23-14)15-16-11(3-4-22-15)17(27-18(21)26-16)25-13-7-28(2)8-24-13/h3-9H,1-2H3,(H3,21,25,26,27). The Morgan fingerprint density at radius 2 is 1.96 bits per heavy atom. The van der Waals surface area contributed by atoms with E-state index in [1.807, 2.05) is 7.05 Å². The van der Waals surface area contributed by atoms with Gasteiger partial charge in [-0.3, -0.25) is 9.97 Å². The third kappa shape index (κ3) is 3.20. The molecule has 0 aliphatic carbocycles. The quantitative estimate of drug-likeness (QED) is 0.559. The zero-order chi connectivity index (χ0) is 19.8. The molecule has 4 aromatic heterocycles. The molecule has 28 heavy (non-hydrogen) atoms. The number of anilines is 3. The maximum absolute atomic E-state index is 14.2. The van der Waals surface area contributed by atoms with Crippen LogP contribution in [0.3, 0.4) is 0 Å². The van der Waals surface area contributed by atoms with Gasteiger partial charge in [0.15, 0.2) is 0 Å². The molecule has 1 unspecified atom stereocenters. The van der Waals surface area contributed by atoms with Crippen LogP contribution in [-0.2, 0) is 7.05 Å². The fourth-order valence-electron chi connectivity index (χ4n) is 2.98. The monoisotopic (exact) mass is 382 g/mol.